The first-order chi connectivity index (χ1) is 9.75. The van der Waals surface area contributed by atoms with E-state index in [0.29, 0.717) is 11.6 Å². The number of aliphatic imine (C=N–C) groups is 1. The summed E-state index contributed by atoms with van der Waals surface area (Å²) in [4.78, 5) is 16.3. The number of carbonyl (C=O) groups excluding carboxylic acids is 1. The molecule has 0 atom stereocenters. The van der Waals surface area contributed by atoms with Gasteiger partial charge in [-0.1, -0.05) is 48.5 Å². The average Bonchev–Trinajstić information content (AvgIpc) is 2.90. The van der Waals surface area contributed by atoms with E-state index in [9.17, 15) is 4.79 Å². The Morgan fingerprint density at radius 3 is 2.20 bits per heavy atom. The Labute approximate surface area is 117 Å². The molecule has 0 spiro atoms. The van der Waals surface area contributed by atoms with Gasteiger partial charge in [-0.15, -0.1) is 0 Å². The molecule has 3 heteroatoms. The van der Waals surface area contributed by atoms with E-state index in [1.807, 2.05) is 67.6 Å². The highest BCUT2D eigenvalue weighted by Crippen LogP contribution is 2.25. The minimum absolute atomic E-state index is 0.362. The van der Waals surface area contributed by atoms with E-state index in [4.69, 9.17) is 4.74 Å². The lowest BCUT2D eigenvalue weighted by atomic mass is 10.1. The maximum atomic E-state index is 12.0. The van der Waals surface area contributed by atoms with E-state index in [-0.39, 0.29) is 0 Å². The van der Waals surface area contributed by atoms with Gasteiger partial charge in [-0.25, -0.2) is 9.79 Å². The van der Waals surface area contributed by atoms with Crippen molar-refractivity contribution >= 4 is 17.4 Å². The molecule has 20 heavy (non-hydrogen) atoms. The molecule has 1 aliphatic heterocycles. The van der Waals surface area contributed by atoms with Crippen molar-refractivity contribution in [3.63, 3.8) is 0 Å². The molecule has 1 heterocycles. The van der Waals surface area contributed by atoms with Gasteiger partial charge < -0.3 is 4.74 Å². The summed E-state index contributed by atoms with van der Waals surface area (Å²) in [6.45, 7) is 1.88. The molecule has 0 fully saturated rings. The fourth-order valence-electron chi connectivity index (χ4n) is 2.07. The molecule has 0 unspecified atom stereocenters. The first kappa shape index (κ1) is 12.4. The predicted octanol–water partition coefficient (Wildman–Crippen LogP) is 3.42. The number of hydrogen-bond acceptors (Lipinski definition) is 3. The summed E-state index contributed by atoms with van der Waals surface area (Å²) < 4.78 is 5.26. The molecule has 0 radical (unpaired) electrons. The smallest absolute Gasteiger partial charge is 0.364 e. The van der Waals surface area contributed by atoms with E-state index in [1.165, 1.54) is 0 Å². The van der Waals surface area contributed by atoms with Crippen LogP contribution in [0.25, 0.3) is 5.57 Å². The molecule has 1 aliphatic rings. The maximum Gasteiger partial charge on any atom is 0.364 e. The maximum absolute atomic E-state index is 12.0. The fraction of sp³-hybridized carbons (Fsp3) is 0.0588. The molecule has 0 saturated carbocycles. The second kappa shape index (κ2) is 5.13. The SMILES string of the molecule is C/C(=C1/N=C(c2ccccc2)OC1=O)c1ccccc1. The third kappa shape index (κ3) is 2.26. The first-order valence-electron chi connectivity index (χ1n) is 6.38. The van der Waals surface area contributed by atoms with Gasteiger partial charge in [0.2, 0.25) is 5.90 Å². The van der Waals surface area contributed by atoms with Crippen molar-refractivity contribution < 1.29 is 9.53 Å². The Hall–Kier alpha value is -2.68. The Balaban J connectivity index is 2.03. The molecule has 0 saturated heterocycles. The standard InChI is InChI=1S/C17H13NO2/c1-12(13-8-4-2-5-9-13)15-17(19)20-16(18-15)14-10-6-3-7-11-14/h2-11H,1H3/b15-12-. The summed E-state index contributed by atoms with van der Waals surface area (Å²) in [6, 6.07) is 19.1. The number of allylic oxidation sites excluding steroid dienone is 1. The van der Waals surface area contributed by atoms with E-state index in [2.05, 4.69) is 4.99 Å². The summed E-state index contributed by atoms with van der Waals surface area (Å²) in [5.41, 5.74) is 2.96. The van der Waals surface area contributed by atoms with Gasteiger partial charge in [-0.2, -0.15) is 0 Å². The molecule has 2 aromatic carbocycles. The first-order valence-corrected chi connectivity index (χ1v) is 6.38. The summed E-state index contributed by atoms with van der Waals surface area (Å²) >= 11 is 0. The summed E-state index contributed by atoms with van der Waals surface area (Å²) in [5, 5.41) is 0. The van der Waals surface area contributed by atoms with Gasteiger partial charge in [0.25, 0.3) is 0 Å². The van der Waals surface area contributed by atoms with Crippen molar-refractivity contribution in [2.75, 3.05) is 0 Å². The van der Waals surface area contributed by atoms with Gasteiger partial charge in [0.05, 0.1) is 0 Å². The number of hydrogen-bond donors (Lipinski definition) is 0. The molecular weight excluding hydrogens is 250 g/mol. The molecule has 0 aromatic heterocycles. The molecule has 0 N–H and O–H groups in total. The fourth-order valence-corrected chi connectivity index (χ4v) is 2.07. The van der Waals surface area contributed by atoms with E-state index in [0.717, 1.165) is 16.7 Å². The number of benzene rings is 2. The zero-order valence-electron chi connectivity index (χ0n) is 11.0. The molecule has 0 bridgehead atoms. The van der Waals surface area contributed by atoms with Gasteiger partial charge in [-0.3, -0.25) is 0 Å². The normalized spacial score (nSPS) is 16.6. The van der Waals surface area contributed by atoms with Crippen LogP contribution in [0.2, 0.25) is 0 Å². The molecule has 0 amide bonds. The highest BCUT2D eigenvalue weighted by molar-refractivity contribution is 6.14. The Kier molecular flexibility index (Phi) is 3.17. The molecule has 0 aliphatic carbocycles. The number of ether oxygens (including phenoxy) is 1. The summed E-state index contributed by atoms with van der Waals surface area (Å²) in [5.74, 6) is -0.0360. The van der Waals surface area contributed by atoms with Gasteiger partial charge in [0.1, 0.15) is 0 Å². The van der Waals surface area contributed by atoms with Crippen LogP contribution in [0.3, 0.4) is 0 Å². The topological polar surface area (TPSA) is 38.7 Å². The number of nitrogens with zero attached hydrogens (tertiary/aromatic N) is 1. The van der Waals surface area contributed by atoms with Crippen molar-refractivity contribution in [2.45, 2.75) is 6.92 Å². The average molecular weight is 263 g/mol. The third-order valence-corrected chi connectivity index (χ3v) is 3.18. The highest BCUT2D eigenvalue weighted by atomic mass is 16.6. The van der Waals surface area contributed by atoms with Crippen molar-refractivity contribution in [3.8, 4) is 0 Å². The number of carbonyl (C=O) groups is 1. The van der Waals surface area contributed by atoms with E-state index < -0.39 is 5.97 Å². The van der Waals surface area contributed by atoms with Gasteiger partial charge in [0.15, 0.2) is 5.70 Å². The number of rotatable bonds is 2. The molecular formula is C17H13NO2. The minimum Gasteiger partial charge on any atom is -0.402 e. The number of esters is 1. The largest absolute Gasteiger partial charge is 0.402 e. The lowest BCUT2D eigenvalue weighted by Gasteiger charge is -2.01. The van der Waals surface area contributed by atoms with Crippen LogP contribution in [-0.4, -0.2) is 11.9 Å². The Bertz CT molecular complexity index is 700. The van der Waals surface area contributed by atoms with Gasteiger partial charge in [0, 0.05) is 5.56 Å². The molecule has 98 valence electrons. The summed E-state index contributed by atoms with van der Waals surface area (Å²) in [7, 11) is 0. The van der Waals surface area contributed by atoms with Crippen LogP contribution in [0.5, 0.6) is 0 Å². The van der Waals surface area contributed by atoms with Crippen LogP contribution in [0.15, 0.2) is 71.4 Å². The van der Waals surface area contributed by atoms with Crippen molar-refractivity contribution in [2.24, 2.45) is 4.99 Å². The van der Waals surface area contributed by atoms with Gasteiger partial charge in [-0.05, 0) is 30.2 Å². The lowest BCUT2D eigenvalue weighted by Crippen LogP contribution is -2.05. The van der Waals surface area contributed by atoms with E-state index >= 15 is 0 Å². The van der Waals surface area contributed by atoms with Crippen molar-refractivity contribution in [3.05, 3.63) is 77.5 Å². The van der Waals surface area contributed by atoms with Crippen molar-refractivity contribution in [1.82, 2.24) is 0 Å². The second-order valence-corrected chi connectivity index (χ2v) is 4.51. The molecule has 2 aromatic rings. The van der Waals surface area contributed by atoms with Crippen LogP contribution in [0.1, 0.15) is 18.1 Å². The van der Waals surface area contributed by atoms with Crippen LogP contribution >= 0.6 is 0 Å². The second-order valence-electron chi connectivity index (χ2n) is 4.51. The third-order valence-electron chi connectivity index (χ3n) is 3.18. The zero-order chi connectivity index (χ0) is 13.9. The molecule has 3 rings (SSSR count). The Morgan fingerprint density at radius 1 is 0.950 bits per heavy atom. The van der Waals surface area contributed by atoms with Crippen LogP contribution < -0.4 is 0 Å². The van der Waals surface area contributed by atoms with Crippen molar-refractivity contribution in [1.29, 1.82) is 0 Å². The quantitative estimate of drug-likeness (QED) is 0.615. The highest BCUT2D eigenvalue weighted by Gasteiger charge is 2.26. The lowest BCUT2D eigenvalue weighted by molar-refractivity contribution is -0.129. The number of cyclic esters (lactones) is 1. The zero-order valence-corrected chi connectivity index (χ0v) is 11.0. The monoisotopic (exact) mass is 263 g/mol. The van der Waals surface area contributed by atoms with Gasteiger partial charge >= 0.3 is 5.97 Å². The summed E-state index contributed by atoms with van der Waals surface area (Å²) in [6.07, 6.45) is 0. The Morgan fingerprint density at radius 2 is 1.55 bits per heavy atom. The predicted molar refractivity (Wildman–Crippen MR) is 78.1 cm³/mol. The minimum atomic E-state index is -0.398. The van der Waals surface area contributed by atoms with Crippen LogP contribution in [0, 0.1) is 0 Å². The molecule has 3 nitrogen and oxygen atoms in total. The van der Waals surface area contributed by atoms with Crippen LogP contribution in [0.4, 0.5) is 0 Å². The van der Waals surface area contributed by atoms with Crippen LogP contribution in [-0.2, 0) is 9.53 Å². The van der Waals surface area contributed by atoms with E-state index in [1.54, 1.807) is 0 Å².